The zero-order valence-electron chi connectivity index (χ0n) is 20.5. The third-order valence-electron chi connectivity index (χ3n) is 5.76. The summed E-state index contributed by atoms with van der Waals surface area (Å²) in [7, 11) is -1.08. The molecule has 0 saturated heterocycles. The summed E-state index contributed by atoms with van der Waals surface area (Å²) in [5.41, 5.74) is 2.25. The Kier molecular flexibility index (Phi) is 7.98. The Morgan fingerprint density at radius 2 is 1.91 bits per heavy atom. The summed E-state index contributed by atoms with van der Waals surface area (Å²) >= 11 is 1.01. The lowest BCUT2D eigenvalue weighted by atomic mass is 9.88. The summed E-state index contributed by atoms with van der Waals surface area (Å²) in [6.45, 7) is 7.41. The quantitative estimate of drug-likeness (QED) is 0.426. The molecule has 1 aromatic carbocycles. The normalized spacial score (nSPS) is 12.1. The molecule has 0 radical (unpaired) electrons. The third kappa shape index (κ3) is 6.06. The fourth-order valence-corrected chi connectivity index (χ4v) is 5.92. The van der Waals surface area contributed by atoms with E-state index in [-0.39, 0.29) is 16.5 Å². The van der Waals surface area contributed by atoms with Gasteiger partial charge < -0.3 is 9.47 Å². The molecule has 3 aromatic rings. The molecule has 0 aliphatic heterocycles. The molecule has 3 rings (SSSR count). The number of carbonyl (C=O) groups excluding carboxylic acids is 1. The minimum Gasteiger partial charge on any atom is -0.481 e. The highest BCUT2D eigenvalue weighted by molar-refractivity contribution is 7.92. The van der Waals surface area contributed by atoms with Crippen molar-refractivity contribution in [1.29, 1.82) is 0 Å². The fraction of sp³-hybridized carbons (Fsp3) is 0.360. The van der Waals surface area contributed by atoms with Gasteiger partial charge >= 0.3 is 0 Å². The number of halogens is 1. The zero-order chi connectivity index (χ0) is 26.0. The van der Waals surface area contributed by atoms with Crippen molar-refractivity contribution in [1.82, 2.24) is 9.71 Å². The second-order valence-corrected chi connectivity index (χ2v) is 11.7. The maximum atomic E-state index is 14.5. The average molecular weight is 521 g/mol. The van der Waals surface area contributed by atoms with E-state index in [4.69, 9.17) is 9.47 Å². The maximum absolute atomic E-state index is 14.5. The van der Waals surface area contributed by atoms with Gasteiger partial charge in [0.1, 0.15) is 10.0 Å². The van der Waals surface area contributed by atoms with E-state index in [1.807, 2.05) is 27.7 Å². The number of carbonyl (C=O) groups is 1. The van der Waals surface area contributed by atoms with E-state index >= 15 is 0 Å². The van der Waals surface area contributed by atoms with Crippen LogP contribution in [0.4, 0.5) is 4.39 Å². The van der Waals surface area contributed by atoms with Gasteiger partial charge in [0.15, 0.2) is 0 Å². The number of benzene rings is 1. The summed E-state index contributed by atoms with van der Waals surface area (Å²) in [4.78, 5) is 17.1. The van der Waals surface area contributed by atoms with Crippen LogP contribution in [0.3, 0.4) is 0 Å². The monoisotopic (exact) mass is 520 g/mol. The van der Waals surface area contributed by atoms with E-state index in [9.17, 15) is 17.6 Å². The maximum Gasteiger partial charge on any atom is 0.273 e. The van der Waals surface area contributed by atoms with E-state index in [0.717, 1.165) is 11.3 Å². The third-order valence-corrected chi connectivity index (χ3v) is 8.57. The molecule has 0 saturated carbocycles. The number of sulfonamides is 1. The van der Waals surface area contributed by atoms with Gasteiger partial charge in [0.05, 0.1) is 19.1 Å². The summed E-state index contributed by atoms with van der Waals surface area (Å²) in [6, 6.07) is 7.53. The van der Waals surface area contributed by atoms with Gasteiger partial charge in [-0.05, 0) is 77.2 Å². The summed E-state index contributed by atoms with van der Waals surface area (Å²) in [5.74, 6) is -0.947. The standard InChI is InChI=1S/C25H29FN2O5S2/c1-15(2)19-11-18(26)12-20(16-7-8-27-23(9-16)32-5)21(19)13-22(29)28-35(30,31)24-10-17(14-34-24)25(3,4)33-6/h7-12,14-15H,13H2,1-6H3,(H,28,29). The van der Waals surface area contributed by atoms with Gasteiger partial charge in [0.2, 0.25) is 11.8 Å². The first-order valence-corrected chi connectivity index (χ1v) is 13.3. The van der Waals surface area contributed by atoms with Crippen molar-refractivity contribution in [2.24, 2.45) is 0 Å². The molecule has 2 aromatic heterocycles. The Bertz CT molecular complexity index is 1330. The first-order chi connectivity index (χ1) is 16.4. The molecule has 1 amide bonds. The lowest BCUT2D eigenvalue weighted by Gasteiger charge is -2.21. The number of nitrogens with one attached hydrogen (secondary N) is 1. The van der Waals surface area contributed by atoms with Gasteiger partial charge in [-0.25, -0.2) is 22.5 Å². The number of nitrogens with zero attached hydrogens (tertiary/aromatic N) is 1. The number of hydrogen-bond donors (Lipinski definition) is 1. The smallest absolute Gasteiger partial charge is 0.273 e. The molecular weight excluding hydrogens is 491 g/mol. The number of aromatic nitrogens is 1. The second kappa shape index (κ2) is 10.4. The van der Waals surface area contributed by atoms with Crippen LogP contribution in [-0.2, 0) is 31.6 Å². The number of thiophene rings is 1. The Hall–Kier alpha value is -2.82. The first-order valence-electron chi connectivity index (χ1n) is 10.9. The van der Waals surface area contributed by atoms with E-state index < -0.39 is 27.3 Å². The SMILES string of the molecule is COc1cc(-c2cc(F)cc(C(C)C)c2CC(=O)NS(=O)(=O)c2cc(C(C)(C)OC)cs2)ccn1. The van der Waals surface area contributed by atoms with E-state index in [0.29, 0.717) is 33.7 Å². The lowest BCUT2D eigenvalue weighted by molar-refractivity contribution is -0.118. The van der Waals surface area contributed by atoms with Crippen LogP contribution in [-0.4, -0.2) is 33.5 Å². The number of amides is 1. The van der Waals surface area contributed by atoms with Crippen molar-refractivity contribution in [3.05, 3.63) is 64.4 Å². The van der Waals surface area contributed by atoms with Crippen molar-refractivity contribution >= 4 is 27.3 Å². The second-order valence-electron chi connectivity index (χ2n) is 8.84. The largest absolute Gasteiger partial charge is 0.481 e. The topological polar surface area (TPSA) is 94.6 Å². The highest BCUT2D eigenvalue weighted by Crippen LogP contribution is 2.34. The Balaban J connectivity index is 1.96. The minimum absolute atomic E-state index is 0.00765. The van der Waals surface area contributed by atoms with Gasteiger partial charge in [-0.1, -0.05) is 13.8 Å². The van der Waals surface area contributed by atoms with Crippen LogP contribution in [0.5, 0.6) is 5.88 Å². The van der Waals surface area contributed by atoms with Gasteiger partial charge in [-0.2, -0.15) is 0 Å². The van der Waals surface area contributed by atoms with E-state index in [1.54, 1.807) is 24.6 Å². The number of methoxy groups -OCH3 is 2. The molecular formula is C25H29FN2O5S2. The Morgan fingerprint density at radius 3 is 2.54 bits per heavy atom. The molecule has 0 atom stereocenters. The molecule has 0 unspecified atom stereocenters. The molecule has 7 nitrogen and oxygen atoms in total. The van der Waals surface area contributed by atoms with Gasteiger partial charge in [0, 0.05) is 19.4 Å². The predicted molar refractivity (Wildman–Crippen MR) is 134 cm³/mol. The van der Waals surface area contributed by atoms with Crippen molar-refractivity contribution in [2.45, 2.75) is 49.8 Å². The van der Waals surface area contributed by atoms with E-state index in [2.05, 4.69) is 9.71 Å². The van der Waals surface area contributed by atoms with Crippen molar-refractivity contribution < 1.29 is 27.1 Å². The molecule has 0 spiro atoms. The Labute approximate surface area is 209 Å². The van der Waals surface area contributed by atoms with Crippen molar-refractivity contribution in [3.8, 4) is 17.0 Å². The van der Waals surface area contributed by atoms with Crippen LogP contribution in [0, 0.1) is 5.82 Å². The molecule has 0 fully saturated rings. The highest BCUT2D eigenvalue weighted by atomic mass is 32.2. The summed E-state index contributed by atoms with van der Waals surface area (Å²) < 4.78 is 53.1. The fourth-order valence-electron chi connectivity index (χ4n) is 3.60. The molecule has 0 aliphatic carbocycles. The van der Waals surface area contributed by atoms with Gasteiger partial charge in [-0.15, -0.1) is 11.3 Å². The molecule has 0 aliphatic rings. The zero-order valence-corrected chi connectivity index (χ0v) is 22.1. The number of rotatable bonds is 9. The lowest BCUT2D eigenvalue weighted by Crippen LogP contribution is -2.32. The summed E-state index contributed by atoms with van der Waals surface area (Å²) in [5, 5.41) is 1.69. The van der Waals surface area contributed by atoms with Crippen LogP contribution in [0.2, 0.25) is 0 Å². The average Bonchev–Trinajstić information content (AvgIpc) is 3.32. The van der Waals surface area contributed by atoms with Crippen LogP contribution in [0.15, 0.2) is 46.1 Å². The van der Waals surface area contributed by atoms with Crippen molar-refractivity contribution in [2.75, 3.05) is 14.2 Å². The molecule has 0 bridgehead atoms. The molecule has 188 valence electrons. The number of pyridine rings is 1. The molecule has 10 heteroatoms. The molecule has 1 N–H and O–H groups in total. The highest BCUT2D eigenvalue weighted by Gasteiger charge is 2.27. The first kappa shape index (κ1) is 26.8. The Morgan fingerprint density at radius 1 is 1.20 bits per heavy atom. The van der Waals surface area contributed by atoms with Crippen molar-refractivity contribution in [3.63, 3.8) is 0 Å². The van der Waals surface area contributed by atoms with Gasteiger partial charge in [-0.3, -0.25) is 4.79 Å². The number of ether oxygens (including phenoxy) is 2. The van der Waals surface area contributed by atoms with Crippen LogP contribution in [0.25, 0.3) is 11.1 Å². The summed E-state index contributed by atoms with van der Waals surface area (Å²) in [6.07, 6.45) is 1.27. The van der Waals surface area contributed by atoms with Crippen LogP contribution in [0.1, 0.15) is 50.3 Å². The van der Waals surface area contributed by atoms with Gasteiger partial charge in [0.25, 0.3) is 10.0 Å². The predicted octanol–water partition coefficient (Wildman–Crippen LogP) is 5.01. The number of hydrogen-bond acceptors (Lipinski definition) is 7. The van der Waals surface area contributed by atoms with Crippen LogP contribution >= 0.6 is 11.3 Å². The molecule has 35 heavy (non-hydrogen) atoms. The van der Waals surface area contributed by atoms with E-state index in [1.165, 1.54) is 31.5 Å². The minimum atomic E-state index is -4.10. The van der Waals surface area contributed by atoms with Crippen LogP contribution < -0.4 is 9.46 Å². The molecule has 2 heterocycles.